The fourth-order valence-corrected chi connectivity index (χ4v) is 6.29. The summed E-state index contributed by atoms with van der Waals surface area (Å²) in [6.07, 6.45) is 6.06. The lowest BCUT2D eigenvalue weighted by atomic mass is 10.2. The molecule has 33 heavy (non-hydrogen) atoms. The Morgan fingerprint density at radius 1 is 1.03 bits per heavy atom. The van der Waals surface area contributed by atoms with Crippen molar-refractivity contribution in [3.63, 3.8) is 0 Å². The molecule has 0 aliphatic carbocycles. The van der Waals surface area contributed by atoms with E-state index < -0.39 is 10.0 Å². The number of nitrogens with zero attached hydrogens (tertiary/aromatic N) is 3. The van der Waals surface area contributed by atoms with Gasteiger partial charge in [-0.3, -0.25) is 9.52 Å². The highest BCUT2D eigenvalue weighted by atomic mass is 32.2. The molecule has 2 aromatic carbocycles. The molecule has 0 atom stereocenters. The summed E-state index contributed by atoms with van der Waals surface area (Å²) in [6, 6.07) is 12.5. The van der Waals surface area contributed by atoms with Crippen molar-refractivity contribution in [2.75, 3.05) is 24.1 Å². The van der Waals surface area contributed by atoms with Crippen LogP contribution in [0.2, 0.25) is 0 Å². The van der Waals surface area contributed by atoms with Crippen LogP contribution >= 0.6 is 23.1 Å². The van der Waals surface area contributed by atoms with E-state index in [1.54, 1.807) is 6.07 Å². The number of thioether (sulfide) groups is 1. The summed E-state index contributed by atoms with van der Waals surface area (Å²) in [5, 5.41) is 8.92. The number of likely N-dealkylation sites (tertiary alicyclic amines) is 1. The van der Waals surface area contributed by atoms with Gasteiger partial charge in [-0.15, -0.1) is 22.0 Å². The lowest BCUT2D eigenvalue weighted by Gasteiger charge is -2.22. The van der Waals surface area contributed by atoms with Crippen LogP contribution in [0.4, 0.5) is 5.13 Å². The van der Waals surface area contributed by atoms with Crippen LogP contribution in [0.15, 0.2) is 52.3 Å². The molecular weight excluding hydrogens is 476 g/mol. The number of amides is 1. The summed E-state index contributed by atoms with van der Waals surface area (Å²) in [5.41, 5.74) is 2.42. The van der Waals surface area contributed by atoms with Gasteiger partial charge in [0.25, 0.3) is 15.9 Å². The summed E-state index contributed by atoms with van der Waals surface area (Å²) < 4.78 is 28.7. The molecule has 0 unspecified atom stereocenters. The normalized spacial score (nSPS) is 14.7. The van der Waals surface area contributed by atoms with Crippen molar-refractivity contribution in [2.45, 2.75) is 42.4 Å². The third-order valence-corrected chi connectivity index (χ3v) is 8.70. The van der Waals surface area contributed by atoms with Gasteiger partial charge in [-0.05, 0) is 44.2 Å². The minimum absolute atomic E-state index is 0.0329. The minimum Gasteiger partial charge on any atom is -0.339 e. The second kappa shape index (κ2) is 10.2. The average Bonchev–Trinajstić information content (AvgIpc) is 3.09. The number of benzene rings is 2. The topological polar surface area (TPSA) is 92.3 Å². The third kappa shape index (κ3) is 5.56. The van der Waals surface area contributed by atoms with Crippen LogP contribution in [0.25, 0.3) is 10.6 Å². The molecule has 1 aliphatic heterocycles. The molecule has 0 saturated carbocycles. The van der Waals surface area contributed by atoms with Crippen molar-refractivity contribution in [3.8, 4) is 10.6 Å². The largest absolute Gasteiger partial charge is 0.339 e. The predicted molar refractivity (Wildman–Crippen MR) is 133 cm³/mol. The van der Waals surface area contributed by atoms with E-state index in [-0.39, 0.29) is 15.9 Å². The minimum atomic E-state index is -3.93. The van der Waals surface area contributed by atoms with Gasteiger partial charge in [-0.25, -0.2) is 8.42 Å². The predicted octanol–water partition coefficient (Wildman–Crippen LogP) is 5.05. The number of sulfonamides is 1. The molecule has 3 aromatic rings. The second-order valence-electron chi connectivity index (χ2n) is 7.95. The van der Waals surface area contributed by atoms with Crippen LogP contribution in [-0.2, 0) is 10.0 Å². The van der Waals surface area contributed by atoms with Gasteiger partial charge in [0.1, 0.15) is 5.01 Å². The first-order chi connectivity index (χ1) is 15.9. The maximum atomic E-state index is 13.2. The molecule has 1 aliphatic rings. The molecule has 1 amide bonds. The summed E-state index contributed by atoms with van der Waals surface area (Å²) in [5.74, 6) is -0.115. The second-order valence-corrected chi connectivity index (χ2v) is 11.5. The van der Waals surface area contributed by atoms with Crippen molar-refractivity contribution < 1.29 is 13.2 Å². The van der Waals surface area contributed by atoms with Crippen LogP contribution in [0, 0.1) is 6.92 Å². The van der Waals surface area contributed by atoms with Gasteiger partial charge >= 0.3 is 0 Å². The third-order valence-electron chi connectivity index (χ3n) is 5.55. The highest BCUT2D eigenvalue weighted by molar-refractivity contribution is 7.98. The van der Waals surface area contributed by atoms with Crippen LogP contribution in [-0.4, -0.2) is 48.8 Å². The molecule has 1 N–H and O–H groups in total. The van der Waals surface area contributed by atoms with Gasteiger partial charge in [0.15, 0.2) is 0 Å². The number of carbonyl (C=O) groups is 1. The van der Waals surface area contributed by atoms with Crippen molar-refractivity contribution >= 4 is 44.2 Å². The summed E-state index contributed by atoms with van der Waals surface area (Å²) >= 11 is 2.60. The number of nitrogens with one attached hydrogen (secondary N) is 1. The first kappa shape index (κ1) is 23.7. The Kier molecular flexibility index (Phi) is 7.35. The molecule has 7 nitrogen and oxygen atoms in total. The highest BCUT2D eigenvalue weighted by Gasteiger charge is 2.24. The lowest BCUT2D eigenvalue weighted by Crippen LogP contribution is -2.32. The Bertz CT molecular complexity index is 1230. The van der Waals surface area contributed by atoms with Crippen molar-refractivity contribution in [3.05, 3.63) is 53.6 Å². The average molecular weight is 503 g/mol. The van der Waals surface area contributed by atoms with E-state index in [4.69, 9.17) is 0 Å². The van der Waals surface area contributed by atoms with Gasteiger partial charge in [-0.1, -0.05) is 54.0 Å². The lowest BCUT2D eigenvalue weighted by molar-refractivity contribution is 0.0758. The van der Waals surface area contributed by atoms with Crippen molar-refractivity contribution in [2.24, 2.45) is 0 Å². The van der Waals surface area contributed by atoms with Crippen molar-refractivity contribution in [1.29, 1.82) is 0 Å². The van der Waals surface area contributed by atoms with Crippen LogP contribution in [0.1, 0.15) is 41.6 Å². The van der Waals surface area contributed by atoms with Crippen LogP contribution in [0.5, 0.6) is 0 Å². The Morgan fingerprint density at radius 3 is 2.39 bits per heavy atom. The first-order valence-electron chi connectivity index (χ1n) is 10.8. The summed E-state index contributed by atoms with van der Waals surface area (Å²) in [4.78, 5) is 15.9. The molecule has 1 aromatic heterocycles. The van der Waals surface area contributed by atoms with Gasteiger partial charge in [0.05, 0.1) is 10.5 Å². The van der Waals surface area contributed by atoms with E-state index in [2.05, 4.69) is 14.9 Å². The zero-order chi connectivity index (χ0) is 23.4. The molecule has 0 spiro atoms. The van der Waals surface area contributed by atoms with Crippen LogP contribution in [0.3, 0.4) is 0 Å². The van der Waals surface area contributed by atoms with Gasteiger partial charge in [0.2, 0.25) is 5.13 Å². The molecule has 4 rings (SSSR count). The number of carbonyl (C=O) groups excluding carboxylic acids is 1. The smallest absolute Gasteiger partial charge is 0.263 e. The monoisotopic (exact) mass is 502 g/mol. The molecule has 1 fully saturated rings. The Balaban J connectivity index is 1.58. The Morgan fingerprint density at radius 2 is 1.73 bits per heavy atom. The molecule has 174 valence electrons. The molecule has 10 heteroatoms. The number of hydrogen-bond donors (Lipinski definition) is 1. The fraction of sp³-hybridized carbons (Fsp3) is 0.348. The fourth-order valence-electron chi connectivity index (χ4n) is 3.72. The number of anilines is 1. The highest BCUT2D eigenvalue weighted by Crippen LogP contribution is 2.30. The molecule has 2 heterocycles. The number of hydrogen-bond acceptors (Lipinski definition) is 7. The van der Waals surface area contributed by atoms with Gasteiger partial charge in [0, 0.05) is 23.5 Å². The zero-order valence-corrected chi connectivity index (χ0v) is 21.0. The SMILES string of the molecule is CSc1ccc(S(=O)(=O)Nc2nnc(-c3ccc(C)cc3)s2)cc1C(=O)N1CCCCCC1. The van der Waals surface area contributed by atoms with E-state index in [0.29, 0.717) is 23.7 Å². The summed E-state index contributed by atoms with van der Waals surface area (Å²) in [7, 11) is -3.93. The Hall–Kier alpha value is -2.43. The first-order valence-corrected chi connectivity index (χ1v) is 14.3. The van der Waals surface area contributed by atoms with Gasteiger partial charge < -0.3 is 4.90 Å². The Labute approximate surface area is 202 Å². The zero-order valence-electron chi connectivity index (χ0n) is 18.6. The van der Waals surface area contributed by atoms with Gasteiger partial charge in [-0.2, -0.15) is 0 Å². The van der Waals surface area contributed by atoms with E-state index in [0.717, 1.165) is 53.0 Å². The molecular formula is C23H26N4O3S3. The van der Waals surface area contributed by atoms with E-state index in [9.17, 15) is 13.2 Å². The standard InChI is InChI=1S/C23H26N4O3S3/c1-16-7-9-17(10-8-16)21-24-25-23(32-21)26-33(29,30)18-11-12-20(31-2)19(15-18)22(28)27-13-5-3-4-6-14-27/h7-12,15H,3-6,13-14H2,1-2H3,(H,25,26). The van der Waals surface area contributed by atoms with E-state index >= 15 is 0 Å². The maximum Gasteiger partial charge on any atom is 0.263 e. The molecule has 0 radical (unpaired) electrons. The maximum absolute atomic E-state index is 13.2. The number of aromatic nitrogens is 2. The molecule has 1 saturated heterocycles. The quantitative estimate of drug-likeness (QED) is 0.474. The van der Waals surface area contributed by atoms with Crippen molar-refractivity contribution in [1.82, 2.24) is 15.1 Å². The van der Waals surface area contributed by atoms with Crippen LogP contribution < -0.4 is 4.72 Å². The number of aryl methyl sites for hydroxylation is 1. The van der Waals surface area contributed by atoms with E-state index in [1.165, 1.54) is 23.9 Å². The molecule has 0 bridgehead atoms. The summed E-state index contributed by atoms with van der Waals surface area (Å²) in [6.45, 7) is 3.40. The number of rotatable bonds is 6. The van der Waals surface area contributed by atoms with E-state index in [1.807, 2.05) is 42.3 Å².